The lowest BCUT2D eigenvalue weighted by Gasteiger charge is -2.43. The molecule has 1 fully saturated rings. The van der Waals surface area contributed by atoms with Crippen molar-refractivity contribution in [1.82, 2.24) is 15.2 Å². The van der Waals surface area contributed by atoms with E-state index in [1.807, 2.05) is 24.3 Å². The van der Waals surface area contributed by atoms with Crippen LogP contribution in [0.1, 0.15) is 47.3 Å². The fourth-order valence-corrected chi connectivity index (χ4v) is 5.28. The first-order chi connectivity index (χ1) is 16.0. The molecule has 2 amide bonds. The maximum absolute atomic E-state index is 13.0. The van der Waals surface area contributed by atoms with E-state index < -0.39 is 17.6 Å². The number of piperidine rings is 1. The summed E-state index contributed by atoms with van der Waals surface area (Å²) < 4.78 is 11.0. The van der Waals surface area contributed by atoms with E-state index in [1.54, 1.807) is 30.2 Å². The Morgan fingerprint density at radius 3 is 2.61 bits per heavy atom. The van der Waals surface area contributed by atoms with Gasteiger partial charge in [-0.1, -0.05) is 24.3 Å². The highest BCUT2D eigenvalue weighted by Gasteiger charge is 2.53. The van der Waals surface area contributed by atoms with Crippen molar-refractivity contribution in [3.63, 3.8) is 0 Å². The van der Waals surface area contributed by atoms with Gasteiger partial charge in [-0.25, -0.2) is 0 Å². The lowest BCUT2D eigenvalue weighted by Crippen LogP contribution is -2.51. The number of hydrogen-bond acceptors (Lipinski definition) is 6. The molecule has 1 spiro atoms. The number of allylic oxidation sites excluding steroid dienone is 1. The number of carbonyl (C=O) groups is 2. The fraction of sp³-hybridized carbons (Fsp3) is 0.400. The standard InChI is InChI=1S/C25H27N3O5/c1-16-21(33-14-13-32-16)24(31)28-11-8-25(9-12-28)19-7-3-2-6-18(19)20(22(25)29)27-23(30)17-5-4-10-26-15-17/h2-7,10,15,20,22,29H,8-9,11-14H2,1H3,(H,27,30)/t20-,22+/m1/s1. The van der Waals surface area contributed by atoms with Gasteiger partial charge in [-0.05, 0) is 43.0 Å². The van der Waals surface area contributed by atoms with Crippen LogP contribution in [0, 0.1) is 0 Å². The number of ether oxygens (including phenoxy) is 2. The number of carbonyl (C=O) groups excluding carboxylic acids is 2. The Bertz CT molecular complexity index is 1090. The summed E-state index contributed by atoms with van der Waals surface area (Å²) in [4.78, 5) is 31.6. The van der Waals surface area contributed by atoms with Crippen LogP contribution in [0.3, 0.4) is 0 Å². The summed E-state index contributed by atoms with van der Waals surface area (Å²) in [6.07, 6.45) is 3.49. The van der Waals surface area contributed by atoms with Gasteiger partial charge in [0.25, 0.3) is 11.8 Å². The highest BCUT2D eigenvalue weighted by atomic mass is 16.6. The van der Waals surface area contributed by atoms with Crippen LogP contribution in [0.15, 0.2) is 60.3 Å². The number of amides is 2. The molecule has 1 aromatic carbocycles. The Morgan fingerprint density at radius 1 is 1.12 bits per heavy atom. The second kappa shape index (κ2) is 8.51. The molecule has 1 aliphatic carbocycles. The van der Waals surface area contributed by atoms with E-state index in [0.29, 0.717) is 50.5 Å². The van der Waals surface area contributed by atoms with E-state index >= 15 is 0 Å². The molecule has 33 heavy (non-hydrogen) atoms. The molecule has 0 bridgehead atoms. The second-order valence-electron chi connectivity index (χ2n) is 8.76. The minimum atomic E-state index is -0.803. The predicted molar refractivity (Wildman–Crippen MR) is 119 cm³/mol. The molecule has 0 saturated carbocycles. The number of aromatic nitrogens is 1. The number of aliphatic hydroxyl groups excluding tert-OH is 1. The van der Waals surface area contributed by atoms with E-state index in [0.717, 1.165) is 11.1 Å². The maximum atomic E-state index is 13.0. The fourth-order valence-electron chi connectivity index (χ4n) is 5.28. The Balaban J connectivity index is 1.37. The lowest BCUT2D eigenvalue weighted by molar-refractivity contribution is -0.135. The number of pyridine rings is 1. The molecular formula is C25H27N3O5. The SMILES string of the molecule is CC1=C(C(=O)N2CCC3(CC2)c2ccccc2[C@@H](NC(=O)c2cccnc2)[C@@H]3O)OCCO1. The quantitative estimate of drug-likeness (QED) is 0.744. The van der Waals surface area contributed by atoms with Crippen LogP contribution in [0.2, 0.25) is 0 Å². The van der Waals surface area contributed by atoms with Gasteiger partial charge in [-0.3, -0.25) is 14.6 Å². The third-order valence-corrected chi connectivity index (χ3v) is 7.03. The average molecular weight is 450 g/mol. The number of rotatable bonds is 3. The highest BCUT2D eigenvalue weighted by molar-refractivity contribution is 5.94. The van der Waals surface area contributed by atoms with E-state index in [-0.39, 0.29) is 17.6 Å². The topological polar surface area (TPSA) is 101 Å². The summed E-state index contributed by atoms with van der Waals surface area (Å²) in [7, 11) is 0. The molecule has 0 unspecified atom stereocenters. The van der Waals surface area contributed by atoms with Gasteiger partial charge in [0.15, 0.2) is 0 Å². The van der Waals surface area contributed by atoms with Gasteiger partial charge in [0, 0.05) is 30.9 Å². The van der Waals surface area contributed by atoms with Crippen LogP contribution in [-0.4, -0.2) is 59.2 Å². The molecule has 2 atom stereocenters. The Hall–Kier alpha value is -3.39. The van der Waals surface area contributed by atoms with Gasteiger partial charge < -0.3 is 24.8 Å². The highest BCUT2D eigenvalue weighted by Crippen LogP contribution is 2.51. The minimum Gasteiger partial charge on any atom is -0.491 e. The zero-order chi connectivity index (χ0) is 23.0. The first-order valence-corrected chi connectivity index (χ1v) is 11.3. The number of likely N-dealkylation sites (tertiary alicyclic amines) is 1. The van der Waals surface area contributed by atoms with Crippen LogP contribution in [0.25, 0.3) is 0 Å². The van der Waals surface area contributed by atoms with Crippen molar-refractivity contribution in [2.75, 3.05) is 26.3 Å². The summed E-state index contributed by atoms with van der Waals surface area (Å²) in [6.45, 7) is 3.51. The molecule has 5 rings (SSSR count). The van der Waals surface area contributed by atoms with Crippen molar-refractivity contribution in [3.05, 3.63) is 77.0 Å². The molecule has 2 N–H and O–H groups in total. The van der Waals surface area contributed by atoms with Crippen molar-refractivity contribution >= 4 is 11.8 Å². The Labute approximate surface area is 192 Å². The molecule has 2 aliphatic heterocycles. The second-order valence-corrected chi connectivity index (χ2v) is 8.76. The zero-order valence-corrected chi connectivity index (χ0v) is 18.5. The van der Waals surface area contributed by atoms with Crippen LogP contribution in [0.5, 0.6) is 0 Å². The van der Waals surface area contributed by atoms with Gasteiger partial charge in [-0.15, -0.1) is 0 Å². The van der Waals surface area contributed by atoms with Crippen LogP contribution < -0.4 is 5.32 Å². The lowest BCUT2D eigenvalue weighted by atomic mass is 9.72. The van der Waals surface area contributed by atoms with E-state index in [9.17, 15) is 14.7 Å². The number of nitrogens with one attached hydrogen (secondary N) is 1. The number of nitrogens with zero attached hydrogens (tertiary/aromatic N) is 2. The third-order valence-electron chi connectivity index (χ3n) is 7.03. The van der Waals surface area contributed by atoms with Crippen LogP contribution in [-0.2, 0) is 19.7 Å². The van der Waals surface area contributed by atoms with Crippen LogP contribution in [0.4, 0.5) is 0 Å². The summed E-state index contributed by atoms with van der Waals surface area (Å²) in [5.41, 5.74) is 1.87. The van der Waals surface area contributed by atoms with Gasteiger partial charge in [0.2, 0.25) is 5.76 Å². The smallest absolute Gasteiger partial charge is 0.292 e. The predicted octanol–water partition coefficient (Wildman–Crippen LogP) is 2.07. The van der Waals surface area contributed by atoms with E-state index in [4.69, 9.17) is 9.47 Å². The summed E-state index contributed by atoms with van der Waals surface area (Å²) in [6, 6.07) is 10.7. The number of aliphatic hydroxyl groups is 1. The van der Waals surface area contributed by atoms with Gasteiger partial charge in [0.05, 0.1) is 17.7 Å². The first kappa shape index (κ1) is 21.5. The molecule has 1 saturated heterocycles. The van der Waals surface area contributed by atoms with E-state index in [1.165, 1.54) is 6.20 Å². The average Bonchev–Trinajstić information content (AvgIpc) is 3.08. The molecule has 3 heterocycles. The summed E-state index contributed by atoms with van der Waals surface area (Å²) in [5, 5.41) is 14.5. The van der Waals surface area contributed by atoms with Gasteiger partial charge in [0.1, 0.15) is 19.0 Å². The van der Waals surface area contributed by atoms with Crippen molar-refractivity contribution in [2.45, 2.75) is 37.3 Å². The maximum Gasteiger partial charge on any atom is 0.292 e. The van der Waals surface area contributed by atoms with Crippen molar-refractivity contribution in [2.24, 2.45) is 0 Å². The Kier molecular flexibility index (Phi) is 5.54. The zero-order valence-electron chi connectivity index (χ0n) is 18.5. The van der Waals surface area contributed by atoms with Crippen molar-refractivity contribution < 1.29 is 24.2 Å². The number of fused-ring (bicyclic) bond motifs is 2. The molecule has 0 radical (unpaired) electrons. The van der Waals surface area contributed by atoms with Gasteiger partial charge in [-0.2, -0.15) is 0 Å². The molecule has 2 aromatic rings. The normalized spacial score (nSPS) is 23.5. The minimum absolute atomic E-state index is 0.177. The van der Waals surface area contributed by atoms with Crippen LogP contribution >= 0.6 is 0 Å². The van der Waals surface area contributed by atoms with E-state index in [2.05, 4.69) is 10.3 Å². The largest absolute Gasteiger partial charge is 0.491 e. The number of benzene rings is 1. The first-order valence-electron chi connectivity index (χ1n) is 11.3. The molecule has 8 nitrogen and oxygen atoms in total. The molecule has 1 aromatic heterocycles. The van der Waals surface area contributed by atoms with Gasteiger partial charge >= 0.3 is 0 Å². The summed E-state index contributed by atoms with van der Waals surface area (Å²) in [5.74, 6) is 0.329. The third kappa shape index (κ3) is 3.64. The monoisotopic (exact) mass is 449 g/mol. The van der Waals surface area contributed by atoms with Crippen molar-refractivity contribution in [1.29, 1.82) is 0 Å². The Morgan fingerprint density at radius 2 is 1.88 bits per heavy atom. The molecule has 172 valence electrons. The summed E-state index contributed by atoms with van der Waals surface area (Å²) >= 11 is 0. The van der Waals surface area contributed by atoms with Crippen molar-refractivity contribution in [3.8, 4) is 0 Å². The molecule has 3 aliphatic rings. The molecular weight excluding hydrogens is 422 g/mol. The number of hydrogen-bond donors (Lipinski definition) is 2. The molecule has 8 heteroatoms.